The predicted octanol–water partition coefficient (Wildman–Crippen LogP) is 1.99. The van der Waals surface area contributed by atoms with Gasteiger partial charge >= 0.3 is 0 Å². The second kappa shape index (κ2) is 5.83. The summed E-state index contributed by atoms with van der Waals surface area (Å²) in [5.41, 5.74) is 0.473. The van der Waals surface area contributed by atoms with Gasteiger partial charge in [-0.3, -0.25) is 9.78 Å². The van der Waals surface area contributed by atoms with E-state index in [1.807, 2.05) is 30.3 Å². The van der Waals surface area contributed by atoms with Crippen LogP contribution in [0, 0.1) is 0 Å². The molecule has 1 aromatic heterocycles. The smallest absolute Gasteiger partial charge is 0.272 e. The summed E-state index contributed by atoms with van der Waals surface area (Å²) >= 11 is 0. The molecule has 21 heavy (non-hydrogen) atoms. The van der Waals surface area contributed by atoms with Gasteiger partial charge < -0.3 is 14.4 Å². The maximum Gasteiger partial charge on any atom is 0.272 e. The SMILES string of the molecule is COc1ccc(OC2CN(C(=O)c3ccccn3)C2)cc1. The Labute approximate surface area is 123 Å². The van der Waals surface area contributed by atoms with Crippen molar-refractivity contribution in [3.63, 3.8) is 0 Å². The standard InChI is InChI=1S/C16H16N2O3/c1-20-12-5-7-13(8-6-12)21-14-10-18(11-14)16(19)15-4-2-3-9-17-15/h2-9,14H,10-11H2,1H3. The van der Waals surface area contributed by atoms with Crippen molar-refractivity contribution in [3.8, 4) is 11.5 Å². The number of rotatable bonds is 4. The van der Waals surface area contributed by atoms with Gasteiger partial charge in [0.25, 0.3) is 5.91 Å². The Morgan fingerprint density at radius 3 is 2.48 bits per heavy atom. The molecule has 1 fully saturated rings. The van der Waals surface area contributed by atoms with Gasteiger partial charge in [0.15, 0.2) is 0 Å². The van der Waals surface area contributed by atoms with Crippen LogP contribution in [0.4, 0.5) is 0 Å². The lowest BCUT2D eigenvalue weighted by Crippen LogP contribution is -2.56. The molecule has 0 atom stereocenters. The van der Waals surface area contributed by atoms with Crippen LogP contribution in [0.2, 0.25) is 0 Å². The van der Waals surface area contributed by atoms with E-state index in [-0.39, 0.29) is 12.0 Å². The van der Waals surface area contributed by atoms with Crippen molar-refractivity contribution in [2.75, 3.05) is 20.2 Å². The highest BCUT2D eigenvalue weighted by Gasteiger charge is 2.33. The number of aromatic nitrogens is 1. The largest absolute Gasteiger partial charge is 0.497 e. The van der Waals surface area contributed by atoms with Crippen LogP contribution in [-0.2, 0) is 0 Å². The van der Waals surface area contributed by atoms with Gasteiger partial charge in [-0.05, 0) is 36.4 Å². The molecule has 0 spiro atoms. The van der Waals surface area contributed by atoms with E-state index in [4.69, 9.17) is 9.47 Å². The van der Waals surface area contributed by atoms with Crippen LogP contribution in [-0.4, -0.2) is 42.1 Å². The Balaban J connectivity index is 1.52. The first-order chi connectivity index (χ1) is 10.3. The highest BCUT2D eigenvalue weighted by molar-refractivity contribution is 5.92. The highest BCUT2D eigenvalue weighted by atomic mass is 16.5. The van der Waals surface area contributed by atoms with Crippen molar-refractivity contribution >= 4 is 5.91 Å². The second-order valence-corrected chi connectivity index (χ2v) is 4.84. The summed E-state index contributed by atoms with van der Waals surface area (Å²) in [5.74, 6) is 1.53. The molecule has 2 heterocycles. The van der Waals surface area contributed by atoms with E-state index < -0.39 is 0 Å². The first kappa shape index (κ1) is 13.4. The molecule has 1 amide bonds. The molecule has 1 aromatic carbocycles. The van der Waals surface area contributed by atoms with Gasteiger partial charge in [-0.15, -0.1) is 0 Å². The van der Waals surface area contributed by atoms with Gasteiger partial charge in [0.05, 0.1) is 20.2 Å². The number of nitrogens with zero attached hydrogens (tertiary/aromatic N) is 2. The van der Waals surface area contributed by atoms with Gasteiger partial charge in [-0.25, -0.2) is 0 Å². The van der Waals surface area contributed by atoms with Crippen LogP contribution in [0.5, 0.6) is 11.5 Å². The number of carbonyl (C=O) groups excluding carboxylic acids is 1. The lowest BCUT2D eigenvalue weighted by molar-refractivity contribution is 0.0173. The molecule has 5 heteroatoms. The van der Waals surface area contributed by atoms with Crippen molar-refractivity contribution < 1.29 is 14.3 Å². The van der Waals surface area contributed by atoms with E-state index in [2.05, 4.69) is 4.98 Å². The molecule has 5 nitrogen and oxygen atoms in total. The minimum Gasteiger partial charge on any atom is -0.497 e. The molecule has 1 aliphatic heterocycles. The van der Waals surface area contributed by atoms with Gasteiger partial charge in [-0.2, -0.15) is 0 Å². The summed E-state index contributed by atoms with van der Waals surface area (Å²) in [7, 11) is 1.63. The lowest BCUT2D eigenvalue weighted by Gasteiger charge is -2.38. The van der Waals surface area contributed by atoms with Crippen molar-refractivity contribution in [1.29, 1.82) is 0 Å². The number of hydrogen-bond acceptors (Lipinski definition) is 4. The summed E-state index contributed by atoms with van der Waals surface area (Å²) in [4.78, 5) is 17.9. The van der Waals surface area contributed by atoms with Gasteiger partial charge in [0.2, 0.25) is 0 Å². The molecule has 2 aromatic rings. The third kappa shape index (κ3) is 2.97. The number of methoxy groups -OCH3 is 1. The molecule has 3 rings (SSSR count). The Kier molecular flexibility index (Phi) is 3.73. The van der Waals surface area contributed by atoms with Crippen LogP contribution in [0.15, 0.2) is 48.7 Å². The van der Waals surface area contributed by atoms with E-state index >= 15 is 0 Å². The minimum absolute atomic E-state index is 0.0334. The molecule has 0 N–H and O–H groups in total. The number of amides is 1. The third-order valence-electron chi connectivity index (χ3n) is 3.38. The fourth-order valence-corrected chi connectivity index (χ4v) is 2.18. The van der Waals surface area contributed by atoms with Crippen LogP contribution < -0.4 is 9.47 Å². The topological polar surface area (TPSA) is 51.7 Å². The fourth-order valence-electron chi connectivity index (χ4n) is 2.18. The third-order valence-corrected chi connectivity index (χ3v) is 3.38. The lowest BCUT2D eigenvalue weighted by atomic mass is 10.1. The Hall–Kier alpha value is -2.56. The molecule has 1 aliphatic rings. The molecular weight excluding hydrogens is 268 g/mol. The van der Waals surface area contributed by atoms with Crippen molar-refractivity contribution in [1.82, 2.24) is 9.88 Å². The van der Waals surface area contributed by atoms with Crippen molar-refractivity contribution in [3.05, 3.63) is 54.4 Å². The molecule has 0 aliphatic carbocycles. The number of ether oxygens (including phenoxy) is 2. The molecular formula is C16H16N2O3. The first-order valence-electron chi connectivity index (χ1n) is 6.77. The van der Waals surface area contributed by atoms with E-state index in [1.54, 1.807) is 30.3 Å². The average molecular weight is 284 g/mol. The minimum atomic E-state index is -0.0508. The van der Waals surface area contributed by atoms with E-state index in [0.717, 1.165) is 11.5 Å². The summed E-state index contributed by atoms with van der Waals surface area (Å²) in [6.45, 7) is 1.17. The van der Waals surface area contributed by atoms with E-state index in [9.17, 15) is 4.79 Å². The maximum atomic E-state index is 12.1. The van der Waals surface area contributed by atoms with Gasteiger partial charge in [0, 0.05) is 6.20 Å². The molecule has 108 valence electrons. The monoisotopic (exact) mass is 284 g/mol. The number of pyridine rings is 1. The van der Waals surface area contributed by atoms with Crippen LogP contribution in [0.3, 0.4) is 0 Å². The average Bonchev–Trinajstić information content (AvgIpc) is 2.51. The number of benzene rings is 1. The normalized spacial score (nSPS) is 14.4. The Morgan fingerprint density at radius 1 is 1.14 bits per heavy atom. The summed E-state index contributed by atoms with van der Waals surface area (Å²) in [6.07, 6.45) is 1.66. The summed E-state index contributed by atoms with van der Waals surface area (Å²) in [5, 5.41) is 0. The van der Waals surface area contributed by atoms with E-state index in [0.29, 0.717) is 18.8 Å². The van der Waals surface area contributed by atoms with Crippen LogP contribution >= 0.6 is 0 Å². The van der Waals surface area contributed by atoms with Crippen LogP contribution in [0.25, 0.3) is 0 Å². The number of likely N-dealkylation sites (tertiary alicyclic amines) is 1. The molecule has 1 saturated heterocycles. The van der Waals surface area contributed by atoms with Gasteiger partial charge in [-0.1, -0.05) is 6.07 Å². The number of hydrogen-bond donors (Lipinski definition) is 0. The first-order valence-corrected chi connectivity index (χ1v) is 6.77. The number of carbonyl (C=O) groups is 1. The van der Waals surface area contributed by atoms with Crippen molar-refractivity contribution in [2.24, 2.45) is 0 Å². The zero-order chi connectivity index (χ0) is 14.7. The zero-order valence-corrected chi connectivity index (χ0v) is 11.7. The summed E-state index contributed by atoms with van der Waals surface area (Å²) in [6, 6.07) is 12.8. The van der Waals surface area contributed by atoms with Gasteiger partial charge in [0.1, 0.15) is 23.3 Å². The predicted molar refractivity (Wildman–Crippen MR) is 77.6 cm³/mol. The molecule has 0 saturated carbocycles. The Morgan fingerprint density at radius 2 is 1.86 bits per heavy atom. The van der Waals surface area contributed by atoms with Crippen LogP contribution in [0.1, 0.15) is 10.5 Å². The fraction of sp³-hybridized carbons (Fsp3) is 0.250. The summed E-state index contributed by atoms with van der Waals surface area (Å²) < 4.78 is 10.9. The quantitative estimate of drug-likeness (QED) is 0.861. The molecule has 0 radical (unpaired) electrons. The molecule has 0 unspecified atom stereocenters. The Bertz CT molecular complexity index is 607. The highest BCUT2D eigenvalue weighted by Crippen LogP contribution is 2.22. The van der Waals surface area contributed by atoms with Crippen molar-refractivity contribution in [2.45, 2.75) is 6.10 Å². The molecule has 0 bridgehead atoms. The maximum absolute atomic E-state index is 12.1. The zero-order valence-electron chi connectivity index (χ0n) is 11.7. The van der Waals surface area contributed by atoms with E-state index in [1.165, 1.54) is 0 Å². The second-order valence-electron chi connectivity index (χ2n) is 4.84.